The molecule has 0 atom stereocenters. The first-order chi connectivity index (χ1) is 8.74. The van der Waals surface area contributed by atoms with Crippen molar-refractivity contribution in [3.8, 4) is 10.6 Å². The minimum absolute atomic E-state index is 0.0293. The second-order valence-electron chi connectivity index (χ2n) is 3.64. The van der Waals surface area contributed by atoms with Gasteiger partial charge in [-0.15, -0.1) is 16.4 Å². The van der Waals surface area contributed by atoms with E-state index in [0.29, 0.717) is 12.2 Å². The van der Waals surface area contributed by atoms with Crippen LogP contribution in [0.3, 0.4) is 0 Å². The molecule has 1 N–H and O–H groups in total. The van der Waals surface area contributed by atoms with E-state index in [1.807, 2.05) is 23.8 Å². The molecule has 0 spiro atoms. The predicted octanol–water partition coefficient (Wildman–Crippen LogP) is 2.46. The lowest BCUT2D eigenvalue weighted by Crippen LogP contribution is -2.05. The highest BCUT2D eigenvalue weighted by Gasteiger charge is 2.20. The Balaban J connectivity index is 2.32. The molecule has 0 amide bonds. The predicted molar refractivity (Wildman–Crippen MR) is 73.3 cm³/mol. The van der Waals surface area contributed by atoms with Gasteiger partial charge in [-0.1, -0.05) is 11.3 Å². The first-order valence-corrected chi connectivity index (χ1v) is 7.71. The van der Waals surface area contributed by atoms with Crippen molar-refractivity contribution in [3.05, 3.63) is 23.2 Å². The van der Waals surface area contributed by atoms with Crippen molar-refractivity contribution >= 4 is 29.1 Å². The van der Waals surface area contributed by atoms with Crippen molar-refractivity contribution in [3.63, 3.8) is 0 Å². The van der Waals surface area contributed by atoms with Gasteiger partial charge in [-0.2, -0.15) is 11.8 Å². The van der Waals surface area contributed by atoms with Gasteiger partial charge in [0.1, 0.15) is 5.69 Å². The van der Waals surface area contributed by atoms with Crippen LogP contribution in [0.5, 0.6) is 0 Å². The van der Waals surface area contributed by atoms with Crippen molar-refractivity contribution in [1.82, 2.24) is 15.0 Å². The third-order valence-corrected chi connectivity index (χ3v) is 3.98. The molecular formula is C11H13N3O2S2. The fraction of sp³-hybridized carbons (Fsp3) is 0.364. The van der Waals surface area contributed by atoms with Gasteiger partial charge in [0.05, 0.1) is 4.88 Å². The monoisotopic (exact) mass is 283 g/mol. The van der Waals surface area contributed by atoms with E-state index in [0.717, 1.165) is 17.1 Å². The minimum atomic E-state index is -1.03. The Hall–Kier alpha value is -1.34. The van der Waals surface area contributed by atoms with Crippen LogP contribution < -0.4 is 0 Å². The van der Waals surface area contributed by atoms with Crippen molar-refractivity contribution < 1.29 is 9.90 Å². The van der Waals surface area contributed by atoms with Gasteiger partial charge < -0.3 is 5.11 Å². The number of carbonyl (C=O) groups is 1. The molecular weight excluding hydrogens is 270 g/mol. The molecule has 0 aromatic carbocycles. The normalized spacial score (nSPS) is 10.7. The minimum Gasteiger partial charge on any atom is -0.476 e. The van der Waals surface area contributed by atoms with Gasteiger partial charge in [0.2, 0.25) is 0 Å². The number of rotatable bonds is 6. The Labute approximate surface area is 113 Å². The third-order valence-electron chi connectivity index (χ3n) is 2.41. The molecule has 0 aliphatic carbocycles. The van der Waals surface area contributed by atoms with E-state index >= 15 is 0 Å². The number of aryl methyl sites for hydroxylation is 1. The lowest BCUT2D eigenvalue weighted by molar-refractivity contribution is 0.0691. The van der Waals surface area contributed by atoms with E-state index in [4.69, 9.17) is 5.11 Å². The molecule has 0 unspecified atom stereocenters. The van der Waals surface area contributed by atoms with Crippen LogP contribution >= 0.6 is 23.1 Å². The molecule has 2 heterocycles. The van der Waals surface area contributed by atoms with Crippen LogP contribution in [0, 0.1) is 0 Å². The summed E-state index contributed by atoms with van der Waals surface area (Å²) in [5.41, 5.74) is 0.639. The van der Waals surface area contributed by atoms with Crippen molar-refractivity contribution in [1.29, 1.82) is 0 Å². The summed E-state index contributed by atoms with van der Waals surface area (Å²) in [7, 11) is 0. The van der Waals surface area contributed by atoms with E-state index in [1.54, 1.807) is 16.4 Å². The highest BCUT2D eigenvalue weighted by Crippen LogP contribution is 2.27. The number of carboxylic acids is 1. The molecule has 0 aliphatic rings. The zero-order chi connectivity index (χ0) is 13.0. The summed E-state index contributed by atoms with van der Waals surface area (Å²) >= 11 is 3.26. The number of thiophene rings is 1. The fourth-order valence-electron chi connectivity index (χ4n) is 1.63. The van der Waals surface area contributed by atoms with Gasteiger partial charge >= 0.3 is 5.97 Å². The van der Waals surface area contributed by atoms with Crippen LogP contribution in [0.2, 0.25) is 0 Å². The average molecular weight is 283 g/mol. The second-order valence-corrected chi connectivity index (χ2v) is 5.57. The number of carboxylic acid groups (broad SMARTS) is 1. The molecule has 0 aliphatic heterocycles. The van der Waals surface area contributed by atoms with E-state index in [2.05, 4.69) is 10.3 Å². The molecule has 18 heavy (non-hydrogen) atoms. The van der Waals surface area contributed by atoms with E-state index in [-0.39, 0.29) is 5.69 Å². The molecule has 0 fully saturated rings. The van der Waals surface area contributed by atoms with Crippen LogP contribution in [0.15, 0.2) is 17.5 Å². The lowest BCUT2D eigenvalue weighted by Gasteiger charge is -2.04. The SMILES string of the molecule is CSCCCn1nnc(C(=O)O)c1-c1cccs1. The maximum Gasteiger partial charge on any atom is 0.358 e. The average Bonchev–Trinajstić information content (AvgIpc) is 2.96. The quantitative estimate of drug-likeness (QED) is 0.825. The number of aromatic nitrogens is 3. The molecule has 0 saturated heterocycles. The lowest BCUT2D eigenvalue weighted by atomic mass is 10.2. The van der Waals surface area contributed by atoms with Crippen LogP contribution in [0.4, 0.5) is 0 Å². The van der Waals surface area contributed by atoms with Crippen molar-refractivity contribution in [2.45, 2.75) is 13.0 Å². The fourth-order valence-corrected chi connectivity index (χ4v) is 2.82. The first kappa shape index (κ1) is 13.1. The van der Waals surface area contributed by atoms with Gasteiger partial charge in [-0.05, 0) is 29.9 Å². The van der Waals surface area contributed by atoms with Crippen LogP contribution in [-0.2, 0) is 6.54 Å². The first-order valence-electron chi connectivity index (χ1n) is 5.43. The van der Waals surface area contributed by atoms with Crippen molar-refractivity contribution in [2.75, 3.05) is 12.0 Å². The van der Waals surface area contributed by atoms with Gasteiger partial charge in [0.15, 0.2) is 5.69 Å². The Bertz CT molecular complexity index is 522. The maximum atomic E-state index is 11.1. The number of hydrogen-bond donors (Lipinski definition) is 1. The number of aromatic carboxylic acids is 1. The highest BCUT2D eigenvalue weighted by molar-refractivity contribution is 7.98. The van der Waals surface area contributed by atoms with E-state index < -0.39 is 5.97 Å². The topological polar surface area (TPSA) is 68.0 Å². The van der Waals surface area contributed by atoms with Gasteiger partial charge in [-0.25, -0.2) is 9.48 Å². The molecule has 2 aromatic heterocycles. The van der Waals surface area contributed by atoms with Gasteiger partial charge in [-0.3, -0.25) is 0 Å². The molecule has 0 bridgehead atoms. The number of thioether (sulfide) groups is 1. The van der Waals surface area contributed by atoms with Gasteiger partial charge in [0, 0.05) is 6.54 Å². The standard InChI is InChI=1S/C11H13N3O2S2/c1-17-6-3-5-14-10(8-4-2-7-18-8)9(11(15)16)12-13-14/h2,4,7H,3,5-6H2,1H3,(H,15,16). The second kappa shape index (κ2) is 6.01. The number of hydrogen-bond acceptors (Lipinski definition) is 5. The van der Waals surface area contributed by atoms with Crippen LogP contribution in [0.25, 0.3) is 10.6 Å². The summed E-state index contributed by atoms with van der Waals surface area (Å²) < 4.78 is 1.69. The Morgan fingerprint density at radius 2 is 2.44 bits per heavy atom. The Kier molecular flexibility index (Phi) is 4.38. The molecule has 0 radical (unpaired) electrons. The zero-order valence-corrected chi connectivity index (χ0v) is 11.5. The molecule has 7 heteroatoms. The Morgan fingerprint density at radius 1 is 1.61 bits per heavy atom. The Morgan fingerprint density at radius 3 is 3.06 bits per heavy atom. The third kappa shape index (κ3) is 2.73. The van der Waals surface area contributed by atoms with E-state index in [1.165, 1.54) is 11.3 Å². The molecule has 0 saturated carbocycles. The van der Waals surface area contributed by atoms with Crippen LogP contribution in [-0.4, -0.2) is 38.1 Å². The molecule has 2 rings (SSSR count). The van der Waals surface area contributed by atoms with Crippen molar-refractivity contribution in [2.24, 2.45) is 0 Å². The van der Waals surface area contributed by atoms with Crippen LogP contribution in [0.1, 0.15) is 16.9 Å². The molecule has 96 valence electrons. The summed E-state index contributed by atoms with van der Waals surface area (Å²) in [5.74, 6) is -0.0129. The number of nitrogens with zero attached hydrogens (tertiary/aromatic N) is 3. The molecule has 2 aromatic rings. The summed E-state index contributed by atoms with van der Waals surface area (Å²) in [4.78, 5) is 12.0. The van der Waals surface area contributed by atoms with Gasteiger partial charge in [0.25, 0.3) is 0 Å². The maximum absolute atomic E-state index is 11.1. The van der Waals surface area contributed by atoms with E-state index in [9.17, 15) is 4.79 Å². The zero-order valence-electron chi connectivity index (χ0n) is 9.87. The molecule has 5 nitrogen and oxygen atoms in total. The summed E-state index contributed by atoms with van der Waals surface area (Å²) in [6, 6.07) is 3.78. The highest BCUT2D eigenvalue weighted by atomic mass is 32.2. The summed E-state index contributed by atoms with van der Waals surface area (Å²) in [5, 5.41) is 18.8. The smallest absolute Gasteiger partial charge is 0.358 e. The largest absolute Gasteiger partial charge is 0.476 e. The summed E-state index contributed by atoms with van der Waals surface area (Å²) in [6.07, 6.45) is 2.99. The summed E-state index contributed by atoms with van der Waals surface area (Å²) in [6.45, 7) is 0.689.